The van der Waals surface area contributed by atoms with Gasteiger partial charge in [0, 0.05) is 12.6 Å². The lowest BCUT2D eigenvalue weighted by molar-refractivity contribution is 0.193. The summed E-state index contributed by atoms with van der Waals surface area (Å²) in [7, 11) is -3.06. The van der Waals surface area contributed by atoms with Crippen LogP contribution in [0.25, 0.3) is 0 Å². The van der Waals surface area contributed by atoms with E-state index in [0.29, 0.717) is 6.54 Å². The largest absolute Gasteiger partial charge is 0.395 e. The van der Waals surface area contributed by atoms with Crippen molar-refractivity contribution in [3.63, 3.8) is 0 Å². The van der Waals surface area contributed by atoms with Crippen molar-refractivity contribution in [3.05, 3.63) is 0 Å². The van der Waals surface area contributed by atoms with Crippen LogP contribution in [0.1, 0.15) is 19.8 Å². The molecule has 0 spiro atoms. The molecular formula is C7H15NO3S. The lowest BCUT2D eigenvalue weighted by Crippen LogP contribution is -2.45. The molecule has 4 nitrogen and oxygen atoms in total. The van der Waals surface area contributed by atoms with Crippen LogP contribution in [-0.4, -0.2) is 42.8 Å². The van der Waals surface area contributed by atoms with Crippen LogP contribution < -0.4 is 0 Å². The first-order valence-electron chi connectivity index (χ1n) is 4.18. The fourth-order valence-corrected chi connectivity index (χ4v) is 3.22. The van der Waals surface area contributed by atoms with Crippen LogP contribution in [0.4, 0.5) is 0 Å². The van der Waals surface area contributed by atoms with E-state index in [4.69, 9.17) is 5.11 Å². The van der Waals surface area contributed by atoms with Crippen molar-refractivity contribution in [3.8, 4) is 0 Å². The molecule has 0 aromatic heterocycles. The number of aliphatic hydroxyl groups is 1. The Kier molecular flexibility index (Phi) is 3.09. The molecule has 0 bridgehead atoms. The quantitative estimate of drug-likeness (QED) is 0.660. The van der Waals surface area contributed by atoms with Gasteiger partial charge >= 0.3 is 0 Å². The summed E-state index contributed by atoms with van der Waals surface area (Å²) in [6.45, 7) is 2.19. The fourth-order valence-electron chi connectivity index (χ4n) is 1.39. The molecule has 1 heterocycles. The van der Waals surface area contributed by atoms with E-state index in [1.807, 2.05) is 0 Å². The van der Waals surface area contributed by atoms with Crippen LogP contribution in [0.3, 0.4) is 0 Å². The molecule has 1 N–H and O–H groups in total. The lowest BCUT2D eigenvalue weighted by atomic mass is 10.3. The molecule has 1 aliphatic rings. The SMILES string of the molecule is C[C@H](CO)N1CCCCS1(=O)=O. The van der Waals surface area contributed by atoms with Gasteiger partial charge in [-0.25, -0.2) is 8.42 Å². The average Bonchev–Trinajstić information content (AvgIpc) is 2.02. The van der Waals surface area contributed by atoms with Crippen molar-refractivity contribution in [2.24, 2.45) is 0 Å². The molecule has 0 unspecified atom stereocenters. The molecule has 1 atom stereocenters. The van der Waals surface area contributed by atoms with Crippen molar-refractivity contribution >= 4 is 10.0 Å². The second kappa shape index (κ2) is 3.72. The van der Waals surface area contributed by atoms with Gasteiger partial charge in [-0.05, 0) is 19.8 Å². The van der Waals surface area contributed by atoms with E-state index in [2.05, 4.69) is 0 Å². The molecule has 1 aliphatic heterocycles. The summed E-state index contributed by atoms with van der Waals surface area (Å²) >= 11 is 0. The van der Waals surface area contributed by atoms with Crippen LogP contribution in [0.15, 0.2) is 0 Å². The number of sulfonamides is 1. The second-order valence-corrected chi connectivity index (χ2v) is 5.21. The Morgan fingerprint density at radius 3 is 2.67 bits per heavy atom. The summed E-state index contributed by atoms with van der Waals surface area (Å²) in [5, 5.41) is 8.81. The second-order valence-electron chi connectivity index (χ2n) is 3.17. The van der Waals surface area contributed by atoms with E-state index in [-0.39, 0.29) is 18.4 Å². The van der Waals surface area contributed by atoms with Gasteiger partial charge in [-0.3, -0.25) is 0 Å². The van der Waals surface area contributed by atoms with Crippen molar-refractivity contribution in [2.45, 2.75) is 25.8 Å². The zero-order valence-corrected chi connectivity index (χ0v) is 8.05. The van der Waals surface area contributed by atoms with Gasteiger partial charge in [0.25, 0.3) is 0 Å². The Morgan fingerprint density at radius 2 is 2.17 bits per heavy atom. The van der Waals surface area contributed by atoms with Crippen molar-refractivity contribution in [1.82, 2.24) is 4.31 Å². The summed E-state index contributed by atoms with van der Waals surface area (Å²) < 4.78 is 24.2. The monoisotopic (exact) mass is 193 g/mol. The predicted molar refractivity (Wildman–Crippen MR) is 46.3 cm³/mol. The van der Waals surface area contributed by atoms with E-state index < -0.39 is 10.0 Å². The molecule has 0 aromatic carbocycles. The summed E-state index contributed by atoms with van der Waals surface area (Å²) in [4.78, 5) is 0. The summed E-state index contributed by atoms with van der Waals surface area (Å²) in [6.07, 6.45) is 1.65. The van der Waals surface area contributed by atoms with E-state index in [9.17, 15) is 8.42 Å². The summed E-state index contributed by atoms with van der Waals surface area (Å²) in [6, 6.07) is -0.268. The predicted octanol–water partition coefficient (Wildman–Crippen LogP) is -0.207. The fraction of sp³-hybridized carbons (Fsp3) is 1.00. The summed E-state index contributed by atoms with van der Waals surface area (Å²) in [5.74, 6) is 0.233. The normalized spacial score (nSPS) is 26.8. The Hall–Kier alpha value is -0.130. The number of rotatable bonds is 2. The first-order chi connectivity index (χ1) is 5.58. The molecule has 0 aliphatic carbocycles. The summed E-state index contributed by atoms with van der Waals surface area (Å²) in [5.41, 5.74) is 0. The van der Waals surface area contributed by atoms with Crippen LogP contribution in [0, 0.1) is 0 Å². The van der Waals surface area contributed by atoms with Crippen LogP contribution in [0.5, 0.6) is 0 Å². The highest BCUT2D eigenvalue weighted by molar-refractivity contribution is 7.89. The van der Waals surface area contributed by atoms with Gasteiger partial charge in [0.15, 0.2) is 0 Å². The Morgan fingerprint density at radius 1 is 1.50 bits per heavy atom. The average molecular weight is 193 g/mol. The Labute approximate surface area is 73.2 Å². The third-order valence-corrected chi connectivity index (χ3v) is 4.21. The number of hydrogen-bond donors (Lipinski definition) is 1. The van der Waals surface area contributed by atoms with E-state index in [1.54, 1.807) is 6.92 Å². The molecule has 1 fully saturated rings. The Balaban J connectivity index is 2.73. The molecule has 0 aromatic rings. The maximum atomic E-state index is 11.4. The molecule has 5 heteroatoms. The minimum atomic E-state index is -3.06. The molecular weight excluding hydrogens is 178 g/mol. The van der Waals surface area contributed by atoms with E-state index in [0.717, 1.165) is 12.8 Å². The molecule has 72 valence electrons. The van der Waals surface area contributed by atoms with Crippen molar-refractivity contribution in [2.75, 3.05) is 18.9 Å². The highest BCUT2D eigenvalue weighted by Crippen LogP contribution is 2.16. The maximum Gasteiger partial charge on any atom is 0.214 e. The lowest BCUT2D eigenvalue weighted by Gasteiger charge is -2.30. The molecule has 1 saturated heterocycles. The third-order valence-electron chi connectivity index (χ3n) is 2.14. The number of aliphatic hydroxyl groups excluding tert-OH is 1. The van der Waals surface area contributed by atoms with Gasteiger partial charge in [-0.2, -0.15) is 4.31 Å². The van der Waals surface area contributed by atoms with Gasteiger partial charge in [0.2, 0.25) is 10.0 Å². The van der Waals surface area contributed by atoms with Gasteiger partial charge < -0.3 is 5.11 Å². The molecule has 0 saturated carbocycles. The van der Waals surface area contributed by atoms with Crippen LogP contribution >= 0.6 is 0 Å². The van der Waals surface area contributed by atoms with Gasteiger partial charge in [0.1, 0.15) is 0 Å². The highest BCUT2D eigenvalue weighted by atomic mass is 32.2. The molecule has 0 radical (unpaired) electrons. The van der Waals surface area contributed by atoms with Crippen LogP contribution in [-0.2, 0) is 10.0 Å². The first-order valence-corrected chi connectivity index (χ1v) is 5.79. The zero-order valence-electron chi connectivity index (χ0n) is 7.23. The van der Waals surface area contributed by atoms with E-state index >= 15 is 0 Å². The van der Waals surface area contributed by atoms with Gasteiger partial charge in [-0.1, -0.05) is 0 Å². The number of nitrogens with zero attached hydrogens (tertiary/aromatic N) is 1. The van der Waals surface area contributed by atoms with Gasteiger partial charge in [-0.15, -0.1) is 0 Å². The van der Waals surface area contributed by atoms with Crippen molar-refractivity contribution < 1.29 is 13.5 Å². The molecule has 0 amide bonds. The number of hydrogen-bond acceptors (Lipinski definition) is 3. The zero-order chi connectivity index (χ0) is 9.19. The topological polar surface area (TPSA) is 57.6 Å². The molecule has 12 heavy (non-hydrogen) atoms. The first kappa shape index (κ1) is 9.95. The third kappa shape index (κ3) is 1.97. The smallest absolute Gasteiger partial charge is 0.214 e. The van der Waals surface area contributed by atoms with Gasteiger partial charge in [0.05, 0.1) is 12.4 Å². The minimum Gasteiger partial charge on any atom is -0.395 e. The Bertz CT molecular complexity index is 237. The molecule has 1 rings (SSSR count). The highest BCUT2D eigenvalue weighted by Gasteiger charge is 2.29. The van der Waals surface area contributed by atoms with Crippen LogP contribution in [0.2, 0.25) is 0 Å². The standard InChI is InChI=1S/C7H15NO3S/c1-7(6-9)8-4-2-3-5-12(8,10)11/h7,9H,2-6H2,1H3/t7-/m1/s1. The van der Waals surface area contributed by atoms with E-state index in [1.165, 1.54) is 4.31 Å². The van der Waals surface area contributed by atoms with Crippen molar-refractivity contribution in [1.29, 1.82) is 0 Å². The maximum absolute atomic E-state index is 11.4. The minimum absolute atomic E-state index is 0.0980.